The first-order valence-corrected chi connectivity index (χ1v) is 5.00. The minimum Gasteiger partial charge on any atom is -0.304 e. The zero-order chi connectivity index (χ0) is 9.97. The van der Waals surface area contributed by atoms with Crippen molar-refractivity contribution in [1.82, 2.24) is 9.55 Å². The number of aromatic nitrogens is 2. The molecule has 2 rings (SSSR count). The molecule has 1 heterocycles. The van der Waals surface area contributed by atoms with Crippen molar-refractivity contribution in [2.75, 3.05) is 0 Å². The number of hydrogen-bond acceptors (Lipinski definition) is 1. The molecule has 0 atom stereocenters. The number of rotatable bonds is 2. The van der Waals surface area contributed by atoms with Gasteiger partial charge in [-0.15, -0.1) is 11.6 Å². The largest absolute Gasteiger partial charge is 0.304 e. The Kier molecular flexibility index (Phi) is 2.55. The van der Waals surface area contributed by atoms with Crippen LogP contribution in [-0.2, 0) is 5.88 Å². The Morgan fingerprint density at radius 1 is 1.29 bits per heavy atom. The van der Waals surface area contributed by atoms with Gasteiger partial charge in [0.15, 0.2) is 0 Å². The van der Waals surface area contributed by atoms with Gasteiger partial charge in [-0.3, -0.25) is 0 Å². The number of halogens is 1. The Hall–Kier alpha value is -1.28. The third-order valence-electron chi connectivity index (χ3n) is 2.19. The molecule has 3 heteroatoms. The van der Waals surface area contributed by atoms with Gasteiger partial charge in [0.1, 0.15) is 5.82 Å². The van der Waals surface area contributed by atoms with Crippen LogP contribution in [0.25, 0.3) is 5.69 Å². The molecule has 14 heavy (non-hydrogen) atoms. The minimum absolute atomic E-state index is 0.559. The molecule has 0 bridgehead atoms. The predicted molar refractivity (Wildman–Crippen MR) is 57.9 cm³/mol. The van der Waals surface area contributed by atoms with Crippen LogP contribution in [0.5, 0.6) is 0 Å². The van der Waals surface area contributed by atoms with Crippen molar-refractivity contribution in [3.05, 3.63) is 48.0 Å². The summed E-state index contributed by atoms with van der Waals surface area (Å²) in [6.45, 7) is 1.98. The number of alkyl halides is 1. The van der Waals surface area contributed by atoms with Crippen LogP contribution in [0, 0.1) is 6.92 Å². The van der Waals surface area contributed by atoms with Gasteiger partial charge < -0.3 is 4.57 Å². The first-order chi connectivity index (χ1) is 6.81. The van der Waals surface area contributed by atoms with E-state index in [2.05, 4.69) is 4.98 Å². The number of hydrogen-bond donors (Lipinski definition) is 0. The molecule has 0 aliphatic rings. The predicted octanol–water partition coefficient (Wildman–Crippen LogP) is 2.92. The lowest BCUT2D eigenvalue weighted by atomic mass is 10.2. The van der Waals surface area contributed by atoms with E-state index in [4.69, 9.17) is 11.6 Å². The van der Waals surface area contributed by atoms with Crippen LogP contribution in [-0.4, -0.2) is 9.55 Å². The maximum absolute atomic E-state index is 5.72. The molecule has 0 radical (unpaired) electrons. The summed E-state index contributed by atoms with van der Waals surface area (Å²) in [5, 5.41) is 0. The van der Waals surface area contributed by atoms with E-state index in [-0.39, 0.29) is 0 Å². The maximum Gasteiger partial charge on any atom is 0.110 e. The van der Waals surface area contributed by atoms with Crippen molar-refractivity contribution in [2.24, 2.45) is 0 Å². The molecule has 1 aromatic carbocycles. The molecule has 0 saturated carbocycles. The molecule has 0 saturated heterocycles. The van der Waals surface area contributed by atoms with Crippen molar-refractivity contribution in [3.8, 4) is 5.69 Å². The highest BCUT2D eigenvalue weighted by molar-refractivity contribution is 6.17. The first-order valence-electron chi connectivity index (χ1n) is 4.46. The molecule has 2 aromatic rings. The van der Waals surface area contributed by atoms with Crippen molar-refractivity contribution in [2.45, 2.75) is 12.8 Å². The quantitative estimate of drug-likeness (QED) is 0.691. The van der Waals surface area contributed by atoms with Crippen molar-refractivity contribution >= 4 is 11.6 Å². The fraction of sp³-hybridized carbons (Fsp3) is 0.182. The summed E-state index contributed by atoms with van der Waals surface area (Å²) >= 11 is 5.72. The van der Waals surface area contributed by atoms with E-state index >= 15 is 0 Å². The Bertz CT molecular complexity index is 417. The van der Waals surface area contributed by atoms with Crippen molar-refractivity contribution in [3.63, 3.8) is 0 Å². The highest BCUT2D eigenvalue weighted by atomic mass is 35.5. The number of benzene rings is 1. The van der Waals surface area contributed by atoms with E-state index in [0.717, 1.165) is 17.1 Å². The molecule has 0 N–H and O–H groups in total. The normalized spacial score (nSPS) is 10.4. The van der Waals surface area contributed by atoms with Crippen LogP contribution in [0.4, 0.5) is 0 Å². The Balaban J connectivity index is 2.39. The van der Waals surface area contributed by atoms with E-state index < -0.39 is 0 Å². The summed E-state index contributed by atoms with van der Waals surface area (Å²) in [4.78, 5) is 4.17. The fourth-order valence-corrected chi connectivity index (χ4v) is 1.57. The highest BCUT2D eigenvalue weighted by Crippen LogP contribution is 2.12. The molecule has 72 valence electrons. The smallest absolute Gasteiger partial charge is 0.110 e. The second-order valence-corrected chi connectivity index (χ2v) is 3.41. The molecular formula is C11H11ClN2. The lowest BCUT2D eigenvalue weighted by Gasteiger charge is -2.04. The summed E-state index contributed by atoms with van der Waals surface area (Å²) in [6.07, 6.45) is 3.75. The van der Waals surface area contributed by atoms with E-state index in [9.17, 15) is 0 Å². The van der Waals surface area contributed by atoms with Crippen molar-refractivity contribution < 1.29 is 0 Å². The lowest BCUT2D eigenvalue weighted by molar-refractivity contribution is 0.974. The Morgan fingerprint density at radius 3 is 2.50 bits per heavy atom. The Morgan fingerprint density at radius 2 is 2.00 bits per heavy atom. The van der Waals surface area contributed by atoms with Crippen LogP contribution in [0.2, 0.25) is 0 Å². The van der Waals surface area contributed by atoms with E-state index in [1.165, 1.54) is 0 Å². The molecular weight excluding hydrogens is 196 g/mol. The number of imidazole rings is 1. The summed E-state index contributed by atoms with van der Waals surface area (Å²) in [6, 6.07) is 8.16. The van der Waals surface area contributed by atoms with Gasteiger partial charge in [0.25, 0.3) is 0 Å². The van der Waals surface area contributed by atoms with Crippen molar-refractivity contribution in [1.29, 1.82) is 0 Å². The van der Waals surface area contributed by atoms with Gasteiger partial charge >= 0.3 is 0 Å². The summed E-state index contributed by atoms with van der Waals surface area (Å²) in [7, 11) is 0. The summed E-state index contributed by atoms with van der Waals surface area (Å²) in [5.74, 6) is 1.55. The zero-order valence-electron chi connectivity index (χ0n) is 7.94. The zero-order valence-corrected chi connectivity index (χ0v) is 8.70. The van der Waals surface area contributed by atoms with Crippen LogP contribution < -0.4 is 0 Å². The van der Waals surface area contributed by atoms with Crippen LogP contribution in [0.3, 0.4) is 0 Å². The summed E-state index contributed by atoms with van der Waals surface area (Å²) in [5.41, 5.74) is 2.25. The number of nitrogens with zero attached hydrogens (tertiary/aromatic N) is 2. The Labute approximate surface area is 88.2 Å². The molecule has 0 spiro atoms. The average Bonchev–Trinajstić information content (AvgIpc) is 2.65. The van der Waals surface area contributed by atoms with E-state index in [1.54, 1.807) is 6.20 Å². The molecule has 0 aliphatic heterocycles. The van der Waals surface area contributed by atoms with Gasteiger partial charge in [0, 0.05) is 24.0 Å². The number of aryl methyl sites for hydroxylation is 1. The highest BCUT2D eigenvalue weighted by Gasteiger charge is 1.99. The monoisotopic (exact) mass is 206 g/mol. The van der Waals surface area contributed by atoms with Crippen LogP contribution in [0.15, 0.2) is 36.7 Å². The molecule has 2 nitrogen and oxygen atoms in total. The topological polar surface area (TPSA) is 17.8 Å². The second kappa shape index (κ2) is 3.84. The standard InChI is InChI=1S/C11H11ClN2/c1-9-13-6-7-14(9)11-4-2-10(8-12)3-5-11/h2-7H,8H2,1H3. The lowest BCUT2D eigenvalue weighted by Crippen LogP contribution is -1.95. The SMILES string of the molecule is Cc1nccn1-c1ccc(CCl)cc1. The summed E-state index contributed by atoms with van der Waals surface area (Å²) < 4.78 is 2.04. The molecule has 0 fully saturated rings. The van der Waals surface area contributed by atoms with Gasteiger partial charge in [-0.1, -0.05) is 12.1 Å². The van der Waals surface area contributed by atoms with Gasteiger partial charge in [-0.25, -0.2) is 4.98 Å². The second-order valence-electron chi connectivity index (χ2n) is 3.14. The van der Waals surface area contributed by atoms with Gasteiger partial charge in [-0.05, 0) is 24.6 Å². The average molecular weight is 207 g/mol. The molecule has 0 unspecified atom stereocenters. The molecule has 1 aromatic heterocycles. The van der Waals surface area contributed by atoms with Crippen LogP contribution >= 0.6 is 11.6 Å². The molecule has 0 amide bonds. The third kappa shape index (κ3) is 1.66. The maximum atomic E-state index is 5.72. The van der Waals surface area contributed by atoms with E-state index in [1.807, 2.05) is 42.0 Å². The van der Waals surface area contributed by atoms with Gasteiger partial charge in [0.2, 0.25) is 0 Å². The van der Waals surface area contributed by atoms with E-state index in [0.29, 0.717) is 5.88 Å². The van der Waals surface area contributed by atoms with Gasteiger partial charge in [-0.2, -0.15) is 0 Å². The third-order valence-corrected chi connectivity index (χ3v) is 2.50. The van der Waals surface area contributed by atoms with Crippen LogP contribution in [0.1, 0.15) is 11.4 Å². The fourth-order valence-electron chi connectivity index (χ4n) is 1.40. The minimum atomic E-state index is 0.559. The van der Waals surface area contributed by atoms with Gasteiger partial charge in [0.05, 0.1) is 0 Å². The first kappa shape index (κ1) is 9.28. The molecule has 0 aliphatic carbocycles.